The Balaban J connectivity index is 1.36. The first-order valence-electron chi connectivity index (χ1n) is 8.28. The minimum Gasteiger partial charge on any atom is -0.508 e. The molecule has 0 saturated carbocycles. The van der Waals surface area contributed by atoms with Gasteiger partial charge in [0, 0.05) is 29.8 Å². The molecule has 0 radical (unpaired) electrons. The van der Waals surface area contributed by atoms with Gasteiger partial charge in [0.1, 0.15) is 11.8 Å². The highest BCUT2D eigenvalue weighted by Gasteiger charge is 2.29. The highest BCUT2D eigenvalue weighted by Crippen LogP contribution is 2.23. The Labute approximate surface area is 151 Å². The maximum absolute atomic E-state index is 12.2. The number of H-pyrrole nitrogens is 1. The number of aromatic hydroxyl groups is 1. The zero-order chi connectivity index (χ0) is 17.6. The Morgan fingerprint density at radius 3 is 2.88 bits per heavy atom. The second-order valence-corrected chi connectivity index (χ2v) is 7.14. The summed E-state index contributed by atoms with van der Waals surface area (Å²) >= 11 is 1.75. The number of amides is 1. The second kappa shape index (κ2) is 8.37. The molecule has 2 heterocycles. The van der Waals surface area contributed by atoms with Crippen molar-refractivity contribution in [1.82, 2.24) is 26.1 Å². The van der Waals surface area contributed by atoms with E-state index in [4.69, 9.17) is 0 Å². The third-order valence-electron chi connectivity index (χ3n) is 4.23. The van der Waals surface area contributed by atoms with Crippen molar-refractivity contribution in [3.8, 4) is 5.75 Å². The number of aryl methyl sites for hydroxylation is 1. The summed E-state index contributed by atoms with van der Waals surface area (Å²) in [6.45, 7) is 2.64. The third-order valence-corrected chi connectivity index (χ3v) is 5.20. The fourth-order valence-electron chi connectivity index (χ4n) is 2.72. The Bertz CT molecular complexity index is 703. The molecule has 1 amide bonds. The average Bonchev–Trinajstić information content (AvgIpc) is 3.25. The normalized spacial score (nSPS) is 19.9. The van der Waals surface area contributed by atoms with Gasteiger partial charge in [0.2, 0.25) is 5.91 Å². The summed E-state index contributed by atoms with van der Waals surface area (Å²) in [5, 5.41) is 12.3. The number of rotatable bonds is 7. The SMILES string of the molecule is Cc1[nH]cnc1CSCCNC(=O)C1CC(c2ccc(O)cc2)NN1. The summed E-state index contributed by atoms with van der Waals surface area (Å²) in [4.78, 5) is 19.6. The van der Waals surface area contributed by atoms with Crippen molar-refractivity contribution in [2.45, 2.75) is 31.2 Å². The molecule has 1 saturated heterocycles. The molecule has 1 aromatic heterocycles. The van der Waals surface area contributed by atoms with Gasteiger partial charge in [0.15, 0.2) is 0 Å². The molecule has 0 spiro atoms. The van der Waals surface area contributed by atoms with Crippen LogP contribution in [0.3, 0.4) is 0 Å². The summed E-state index contributed by atoms with van der Waals surface area (Å²) < 4.78 is 0. The number of carbonyl (C=O) groups is 1. The van der Waals surface area contributed by atoms with Crippen LogP contribution in [0.2, 0.25) is 0 Å². The van der Waals surface area contributed by atoms with Crippen molar-refractivity contribution in [1.29, 1.82) is 0 Å². The zero-order valence-corrected chi connectivity index (χ0v) is 14.9. The van der Waals surface area contributed by atoms with Gasteiger partial charge in [0.05, 0.1) is 12.0 Å². The smallest absolute Gasteiger partial charge is 0.238 e. The molecule has 7 nitrogen and oxygen atoms in total. The van der Waals surface area contributed by atoms with Crippen molar-refractivity contribution >= 4 is 17.7 Å². The van der Waals surface area contributed by atoms with Crippen LogP contribution in [0.25, 0.3) is 0 Å². The largest absolute Gasteiger partial charge is 0.508 e. The number of aromatic nitrogens is 2. The van der Waals surface area contributed by atoms with Gasteiger partial charge in [-0.3, -0.25) is 4.79 Å². The fourth-order valence-corrected chi connectivity index (χ4v) is 3.60. The number of phenolic OH excluding ortho intramolecular Hbond substituents is 1. The lowest BCUT2D eigenvalue weighted by molar-refractivity contribution is -0.122. The highest BCUT2D eigenvalue weighted by molar-refractivity contribution is 7.98. The number of hydrazine groups is 1. The Morgan fingerprint density at radius 2 is 2.16 bits per heavy atom. The molecule has 5 N–H and O–H groups in total. The molecule has 134 valence electrons. The van der Waals surface area contributed by atoms with Crippen molar-refractivity contribution in [3.63, 3.8) is 0 Å². The van der Waals surface area contributed by atoms with Crippen molar-refractivity contribution in [2.75, 3.05) is 12.3 Å². The van der Waals surface area contributed by atoms with Crippen LogP contribution in [0.5, 0.6) is 5.75 Å². The molecule has 2 unspecified atom stereocenters. The van der Waals surface area contributed by atoms with Crippen LogP contribution < -0.4 is 16.2 Å². The molecular weight excluding hydrogens is 338 g/mol. The summed E-state index contributed by atoms with van der Waals surface area (Å²) in [6.07, 6.45) is 2.38. The maximum Gasteiger partial charge on any atom is 0.238 e. The van der Waals surface area contributed by atoms with Crippen molar-refractivity contribution in [2.24, 2.45) is 0 Å². The molecule has 1 aliphatic heterocycles. The molecule has 0 bridgehead atoms. The Morgan fingerprint density at radius 1 is 1.36 bits per heavy atom. The number of phenols is 1. The van der Waals surface area contributed by atoms with Crippen LogP contribution in [0.1, 0.15) is 29.4 Å². The highest BCUT2D eigenvalue weighted by atomic mass is 32.2. The molecule has 1 aromatic carbocycles. The lowest BCUT2D eigenvalue weighted by Crippen LogP contribution is -2.43. The molecule has 25 heavy (non-hydrogen) atoms. The van der Waals surface area contributed by atoms with Crippen LogP contribution in [0, 0.1) is 6.92 Å². The number of hydrogen-bond acceptors (Lipinski definition) is 6. The van der Waals surface area contributed by atoms with Gasteiger partial charge in [0.25, 0.3) is 0 Å². The van der Waals surface area contributed by atoms with E-state index in [1.807, 2.05) is 19.1 Å². The van der Waals surface area contributed by atoms with Gasteiger partial charge in [-0.2, -0.15) is 11.8 Å². The van der Waals surface area contributed by atoms with Crippen LogP contribution in [-0.4, -0.2) is 39.3 Å². The van der Waals surface area contributed by atoms with E-state index in [9.17, 15) is 9.90 Å². The molecule has 2 aromatic rings. The molecule has 3 rings (SSSR count). The molecule has 1 aliphatic rings. The maximum atomic E-state index is 12.2. The third kappa shape index (κ3) is 4.75. The Hall–Kier alpha value is -2.03. The van der Waals surface area contributed by atoms with E-state index in [1.54, 1.807) is 30.2 Å². The standard InChI is InChI=1S/C17H23N5O2S/c1-11-16(20-10-19-11)9-25-7-6-18-17(24)15-8-14(21-22-15)12-2-4-13(23)5-3-12/h2-5,10,14-15,21-23H,6-9H2,1H3,(H,18,24)(H,19,20). The number of benzene rings is 1. The van der Waals surface area contributed by atoms with E-state index >= 15 is 0 Å². The molecule has 2 atom stereocenters. The lowest BCUT2D eigenvalue weighted by atomic mass is 10.0. The first-order valence-corrected chi connectivity index (χ1v) is 9.43. The van der Waals surface area contributed by atoms with E-state index in [0.717, 1.165) is 28.5 Å². The molecular formula is C17H23N5O2S. The summed E-state index contributed by atoms with van der Waals surface area (Å²) in [5.74, 6) is 1.94. The summed E-state index contributed by atoms with van der Waals surface area (Å²) in [7, 11) is 0. The monoisotopic (exact) mass is 361 g/mol. The quantitative estimate of drug-likeness (QED) is 0.478. The second-order valence-electron chi connectivity index (χ2n) is 6.04. The van der Waals surface area contributed by atoms with E-state index in [-0.39, 0.29) is 23.7 Å². The topological polar surface area (TPSA) is 102 Å². The molecule has 8 heteroatoms. The number of nitrogens with one attached hydrogen (secondary N) is 4. The van der Waals surface area contributed by atoms with E-state index in [2.05, 4.69) is 26.1 Å². The van der Waals surface area contributed by atoms with Gasteiger partial charge < -0.3 is 15.4 Å². The van der Waals surface area contributed by atoms with Crippen LogP contribution in [-0.2, 0) is 10.5 Å². The number of imidazole rings is 1. The number of aromatic amines is 1. The van der Waals surface area contributed by atoms with Gasteiger partial charge in [-0.05, 0) is 31.0 Å². The predicted molar refractivity (Wildman–Crippen MR) is 98.0 cm³/mol. The number of hydrogen-bond donors (Lipinski definition) is 5. The summed E-state index contributed by atoms with van der Waals surface area (Å²) in [6, 6.07) is 6.85. The first-order chi connectivity index (χ1) is 12.1. The number of nitrogens with zero attached hydrogens (tertiary/aromatic N) is 1. The van der Waals surface area contributed by atoms with E-state index in [0.29, 0.717) is 13.0 Å². The fraction of sp³-hybridized carbons (Fsp3) is 0.412. The number of carbonyl (C=O) groups excluding carboxylic acids is 1. The molecule has 0 aliphatic carbocycles. The summed E-state index contributed by atoms with van der Waals surface area (Å²) in [5.41, 5.74) is 9.39. The average molecular weight is 361 g/mol. The first kappa shape index (κ1) is 17.8. The van der Waals surface area contributed by atoms with Crippen molar-refractivity contribution in [3.05, 3.63) is 47.5 Å². The van der Waals surface area contributed by atoms with Crippen LogP contribution >= 0.6 is 11.8 Å². The lowest BCUT2D eigenvalue weighted by Gasteiger charge is -2.10. The predicted octanol–water partition coefficient (Wildman–Crippen LogP) is 1.38. The van der Waals surface area contributed by atoms with Gasteiger partial charge in [-0.1, -0.05) is 12.1 Å². The van der Waals surface area contributed by atoms with E-state index < -0.39 is 0 Å². The van der Waals surface area contributed by atoms with Gasteiger partial charge in [-0.15, -0.1) is 0 Å². The minimum absolute atomic E-state index is 0.00493. The van der Waals surface area contributed by atoms with Gasteiger partial charge >= 0.3 is 0 Å². The van der Waals surface area contributed by atoms with Crippen LogP contribution in [0.15, 0.2) is 30.6 Å². The minimum atomic E-state index is -0.252. The van der Waals surface area contributed by atoms with Crippen molar-refractivity contribution < 1.29 is 9.90 Å². The molecule has 1 fully saturated rings. The number of thioether (sulfide) groups is 1. The zero-order valence-electron chi connectivity index (χ0n) is 14.1. The van der Waals surface area contributed by atoms with Gasteiger partial charge in [-0.25, -0.2) is 15.8 Å². The van der Waals surface area contributed by atoms with E-state index in [1.165, 1.54) is 0 Å². The Kier molecular flexibility index (Phi) is 5.95. The van der Waals surface area contributed by atoms with Crippen LogP contribution in [0.4, 0.5) is 0 Å².